The SMILES string of the molecule is CN(CC(CS)c1ccccc1)c1ccc(F)cc1. The Hall–Kier alpha value is -1.48. The average molecular weight is 275 g/mol. The number of hydrogen-bond donors (Lipinski definition) is 1. The maximum Gasteiger partial charge on any atom is 0.123 e. The van der Waals surface area contributed by atoms with Crippen molar-refractivity contribution in [3.05, 3.63) is 66.0 Å². The Morgan fingerprint density at radius 3 is 2.26 bits per heavy atom. The summed E-state index contributed by atoms with van der Waals surface area (Å²) in [6.45, 7) is 0.860. The van der Waals surface area contributed by atoms with Crippen LogP contribution >= 0.6 is 12.6 Å². The standard InChI is InChI=1S/C16H18FNS/c1-18(16-9-7-15(17)8-10-16)11-14(12-19)13-5-3-2-4-6-13/h2-10,14,19H,11-12H2,1H3. The average Bonchev–Trinajstić information content (AvgIpc) is 2.46. The van der Waals surface area contributed by atoms with E-state index in [0.29, 0.717) is 5.92 Å². The molecule has 2 rings (SSSR count). The van der Waals surface area contributed by atoms with E-state index in [-0.39, 0.29) is 5.82 Å². The van der Waals surface area contributed by atoms with E-state index >= 15 is 0 Å². The minimum atomic E-state index is -0.203. The molecule has 0 bridgehead atoms. The molecule has 0 aliphatic rings. The Bertz CT molecular complexity index is 498. The van der Waals surface area contributed by atoms with Gasteiger partial charge in [-0.1, -0.05) is 30.3 Å². The highest BCUT2D eigenvalue weighted by Gasteiger charge is 2.12. The van der Waals surface area contributed by atoms with Crippen LogP contribution < -0.4 is 4.90 Å². The van der Waals surface area contributed by atoms with Gasteiger partial charge in [-0.2, -0.15) is 12.6 Å². The van der Waals surface area contributed by atoms with Gasteiger partial charge < -0.3 is 4.90 Å². The van der Waals surface area contributed by atoms with Gasteiger partial charge in [-0.25, -0.2) is 4.39 Å². The molecule has 1 unspecified atom stereocenters. The number of anilines is 1. The first-order valence-electron chi connectivity index (χ1n) is 6.33. The largest absolute Gasteiger partial charge is 0.374 e. The third-order valence-electron chi connectivity index (χ3n) is 3.25. The molecule has 0 spiro atoms. The van der Waals surface area contributed by atoms with E-state index in [2.05, 4.69) is 29.7 Å². The highest BCUT2D eigenvalue weighted by atomic mass is 32.1. The second-order valence-corrected chi connectivity index (χ2v) is 5.01. The van der Waals surface area contributed by atoms with Gasteiger partial charge in [-0.15, -0.1) is 0 Å². The fourth-order valence-electron chi connectivity index (χ4n) is 2.13. The quantitative estimate of drug-likeness (QED) is 0.808. The van der Waals surface area contributed by atoms with Crippen LogP contribution in [-0.4, -0.2) is 19.3 Å². The zero-order valence-electron chi connectivity index (χ0n) is 11.0. The van der Waals surface area contributed by atoms with Crippen LogP contribution in [0.15, 0.2) is 54.6 Å². The number of rotatable bonds is 5. The molecule has 0 fully saturated rings. The molecule has 0 saturated carbocycles. The molecule has 0 aliphatic heterocycles. The molecule has 1 nitrogen and oxygen atoms in total. The fraction of sp³-hybridized carbons (Fsp3) is 0.250. The van der Waals surface area contributed by atoms with Crippen LogP contribution in [0.5, 0.6) is 0 Å². The molecule has 0 amide bonds. The smallest absolute Gasteiger partial charge is 0.123 e. The number of nitrogens with zero attached hydrogens (tertiary/aromatic N) is 1. The lowest BCUT2D eigenvalue weighted by Crippen LogP contribution is -2.25. The summed E-state index contributed by atoms with van der Waals surface area (Å²) in [5.41, 5.74) is 2.30. The van der Waals surface area contributed by atoms with E-state index in [1.807, 2.05) is 25.2 Å². The van der Waals surface area contributed by atoms with Crippen LogP contribution in [0.25, 0.3) is 0 Å². The van der Waals surface area contributed by atoms with Crippen molar-refractivity contribution in [2.45, 2.75) is 5.92 Å². The summed E-state index contributed by atoms with van der Waals surface area (Å²) in [4.78, 5) is 2.13. The molecule has 0 saturated heterocycles. The summed E-state index contributed by atoms with van der Waals surface area (Å²) in [5, 5.41) is 0. The van der Waals surface area contributed by atoms with Gasteiger partial charge >= 0.3 is 0 Å². The Balaban J connectivity index is 2.08. The fourth-order valence-corrected chi connectivity index (χ4v) is 2.45. The third-order valence-corrected chi connectivity index (χ3v) is 3.69. The molecule has 0 N–H and O–H groups in total. The molecule has 0 aromatic heterocycles. The van der Waals surface area contributed by atoms with Crippen molar-refractivity contribution in [3.8, 4) is 0 Å². The van der Waals surface area contributed by atoms with Gasteiger partial charge in [0.2, 0.25) is 0 Å². The van der Waals surface area contributed by atoms with E-state index in [9.17, 15) is 4.39 Å². The highest BCUT2D eigenvalue weighted by Crippen LogP contribution is 2.21. The molecule has 0 heterocycles. The zero-order valence-corrected chi connectivity index (χ0v) is 11.9. The van der Waals surface area contributed by atoms with Crippen molar-refractivity contribution in [1.29, 1.82) is 0 Å². The van der Waals surface area contributed by atoms with Crippen LogP contribution in [-0.2, 0) is 0 Å². The summed E-state index contributed by atoms with van der Waals surface area (Å²) in [5.74, 6) is 0.945. The number of likely N-dealkylation sites (N-methyl/N-ethyl adjacent to an activating group) is 1. The Morgan fingerprint density at radius 2 is 1.68 bits per heavy atom. The summed E-state index contributed by atoms with van der Waals surface area (Å²) in [6, 6.07) is 16.9. The van der Waals surface area contributed by atoms with Gasteiger partial charge in [0, 0.05) is 25.2 Å². The number of halogens is 1. The number of hydrogen-bond acceptors (Lipinski definition) is 2. The van der Waals surface area contributed by atoms with E-state index in [0.717, 1.165) is 18.0 Å². The molecule has 19 heavy (non-hydrogen) atoms. The minimum absolute atomic E-state index is 0.203. The van der Waals surface area contributed by atoms with Crippen LogP contribution in [0.2, 0.25) is 0 Å². The van der Waals surface area contributed by atoms with Crippen LogP contribution in [0.3, 0.4) is 0 Å². The topological polar surface area (TPSA) is 3.24 Å². The highest BCUT2D eigenvalue weighted by molar-refractivity contribution is 7.80. The molecular weight excluding hydrogens is 257 g/mol. The molecule has 0 aliphatic carbocycles. The molecule has 1 atom stereocenters. The first-order chi connectivity index (χ1) is 9.20. The van der Waals surface area contributed by atoms with Crippen LogP contribution in [0, 0.1) is 5.82 Å². The summed E-state index contributed by atoms with van der Waals surface area (Å²) >= 11 is 4.44. The zero-order chi connectivity index (χ0) is 13.7. The van der Waals surface area contributed by atoms with Gasteiger partial charge in [-0.05, 0) is 35.6 Å². The van der Waals surface area contributed by atoms with Crippen LogP contribution in [0.4, 0.5) is 10.1 Å². The third kappa shape index (κ3) is 3.74. The lowest BCUT2D eigenvalue weighted by Gasteiger charge is -2.25. The predicted octanol–water partition coefficient (Wildman–Crippen LogP) is 3.98. The Kier molecular flexibility index (Phi) is 4.86. The van der Waals surface area contributed by atoms with Gasteiger partial charge in [0.05, 0.1) is 0 Å². The Morgan fingerprint density at radius 1 is 1.05 bits per heavy atom. The predicted molar refractivity (Wildman–Crippen MR) is 82.7 cm³/mol. The summed E-state index contributed by atoms with van der Waals surface area (Å²) in [6.07, 6.45) is 0. The van der Waals surface area contributed by atoms with Gasteiger partial charge in [0.25, 0.3) is 0 Å². The summed E-state index contributed by atoms with van der Waals surface area (Å²) in [7, 11) is 2.02. The van der Waals surface area contributed by atoms with Crippen molar-refractivity contribution in [1.82, 2.24) is 0 Å². The Labute approximate surface area is 119 Å². The van der Waals surface area contributed by atoms with E-state index < -0.39 is 0 Å². The normalized spacial score (nSPS) is 12.2. The number of thiol groups is 1. The van der Waals surface area contributed by atoms with Crippen molar-refractivity contribution < 1.29 is 4.39 Å². The molecule has 0 radical (unpaired) electrons. The molecule has 3 heteroatoms. The summed E-state index contributed by atoms with van der Waals surface area (Å²) < 4.78 is 12.9. The maximum atomic E-state index is 12.9. The lowest BCUT2D eigenvalue weighted by atomic mass is 10.0. The van der Waals surface area contributed by atoms with Crippen molar-refractivity contribution >= 4 is 18.3 Å². The number of benzene rings is 2. The van der Waals surface area contributed by atoms with Crippen LogP contribution in [0.1, 0.15) is 11.5 Å². The van der Waals surface area contributed by atoms with E-state index in [4.69, 9.17) is 0 Å². The molecule has 2 aromatic rings. The minimum Gasteiger partial charge on any atom is -0.374 e. The molecular formula is C16H18FNS. The van der Waals surface area contributed by atoms with Gasteiger partial charge in [0.1, 0.15) is 5.82 Å². The lowest BCUT2D eigenvalue weighted by molar-refractivity contribution is 0.627. The van der Waals surface area contributed by atoms with Crippen molar-refractivity contribution in [2.24, 2.45) is 0 Å². The first kappa shape index (κ1) is 13.9. The first-order valence-corrected chi connectivity index (χ1v) is 6.96. The molecule has 2 aromatic carbocycles. The van der Waals surface area contributed by atoms with Gasteiger partial charge in [0.15, 0.2) is 0 Å². The molecule has 100 valence electrons. The van der Waals surface area contributed by atoms with Crippen molar-refractivity contribution in [3.63, 3.8) is 0 Å². The van der Waals surface area contributed by atoms with E-state index in [1.54, 1.807) is 12.1 Å². The second-order valence-electron chi connectivity index (χ2n) is 4.65. The van der Waals surface area contributed by atoms with E-state index in [1.165, 1.54) is 17.7 Å². The second kappa shape index (κ2) is 6.62. The monoisotopic (exact) mass is 275 g/mol. The van der Waals surface area contributed by atoms with Gasteiger partial charge in [-0.3, -0.25) is 0 Å². The van der Waals surface area contributed by atoms with Crippen molar-refractivity contribution in [2.75, 3.05) is 24.2 Å². The maximum absolute atomic E-state index is 12.9.